The number of aromatic nitrogens is 1. The highest BCUT2D eigenvalue weighted by molar-refractivity contribution is 7.80. The van der Waals surface area contributed by atoms with E-state index in [2.05, 4.69) is 27.1 Å². The second-order valence-electron chi connectivity index (χ2n) is 10.0. The van der Waals surface area contributed by atoms with Crippen LogP contribution in [0.1, 0.15) is 35.6 Å². The third-order valence-corrected chi connectivity index (χ3v) is 7.91. The Labute approximate surface area is 227 Å². The summed E-state index contributed by atoms with van der Waals surface area (Å²) in [4.78, 5) is 6.79. The van der Waals surface area contributed by atoms with Gasteiger partial charge in [-0.3, -0.25) is 9.88 Å². The van der Waals surface area contributed by atoms with Crippen LogP contribution in [0, 0.1) is 11.8 Å². The number of anilines is 1. The molecule has 2 N–H and O–H groups in total. The molecule has 0 amide bonds. The average Bonchev–Trinajstić information content (AvgIpc) is 2.90. The van der Waals surface area contributed by atoms with Crippen molar-refractivity contribution in [1.29, 1.82) is 0 Å². The predicted molar refractivity (Wildman–Crippen MR) is 142 cm³/mol. The van der Waals surface area contributed by atoms with Gasteiger partial charge in [-0.1, -0.05) is 24.3 Å². The summed E-state index contributed by atoms with van der Waals surface area (Å²) in [5, 5.41) is 6.65. The molecule has 5 atom stereocenters. The second-order valence-corrected chi connectivity index (χ2v) is 10.4. The van der Waals surface area contributed by atoms with Crippen LogP contribution in [0.5, 0.6) is 0 Å². The molecule has 2 aromatic carbocycles. The lowest BCUT2D eigenvalue weighted by molar-refractivity contribution is -0.143. The Bertz CT molecular complexity index is 1350. The Hall–Kier alpha value is -3.18. The van der Waals surface area contributed by atoms with Crippen LogP contribution in [-0.2, 0) is 12.4 Å². The number of benzene rings is 2. The Morgan fingerprint density at radius 2 is 1.74 bits per heavy atom. The van der Waals surface area contributed by atoms with Crippen molar-refractivity contribution in [2.45, 2.75) is 37.3 Å². The van der Waals surface area contributed by atoms with Gasteiger partial charge in [0.15, 0.2) is 5.11 Å². The number of halogens is 6. The van der Waals surface area contributed by atoms with E-state index in [4.69, 9.17) is 12.2 Å². The lowest BCUT2D eigenvalue weighted by Crippen LogP contribution is -2.57. The van der Waals surface area contributed by atoms with Gasteiger partial charge in [0.05, 0.1) is 22.7 Å². The summed E-state index contributed by atoms with van der Waals surface area (Å²) >= 11 is 5.47. The molecule has 2 bridgehead atoms. The number of nitrogens with one attached hydrogen (secondary N) is 2. The standard InChI is InChI=1S/C28H26F6N4S/c1-2-16-15-38-10-8-17(16)11-24(38)25(22-7-9-35-23-6-4-3-5-21(22)23)37-26(39)36-20-13-18(27(29,30)31)12-19(14-20)28(32,33)34/h2-7,9,12-14,16-17,24-25H,1,8,10-11,15H2,(H2,36,37,39)/t16-,17?,24?,25+/m0/s1. The molecule has 3 aromatic rings. The molecular weight excluding hydrogens is 538 g/mol. The van der Waals surface area contributed by atoms with Gasteiger partial charge >= 0.3 is 12.4 Å². The Balaban J connectivity index is 1.48. The van der Waals surface area contributed by atoms with E-state index >= 15 is 0 Å². The molecule has 0 saturated carbocycles. The summed E-state index contributed by atoms with van der Waals surface area (Å²) in [5.41, 5.74) is -1.55. The van der Waals surface area contributed by atoms with Gasteiger partial charge in [0.2, 0.25) is 0 Å². The van der Waals surface area contributed by atoms with Crippen molar-refractivity contribution in [3.8, 4) is 0 Å². The van der Waals surface area contributed by atoms with E-state index < -0.39 is 29.2 Å². The molecule has 4 nitrogen and oxygen atoms in total. The van der Waals surface area contributed by atoms with Crippen LogP contribution < -0.4 is 10.6 Å². The quantitative estimate of drug-likeness (QED) is 0.195. The maximum Gasteiger partial charge on any atom is 0.416 e. The molecule has 3 aliphatic heterocycles. The molecule has 3 aliphatic rings. The number of pyridine rings is 1. The van der Waals surface area contributed by atoms with Crippen molar-refractivity contribution in [2.24, 2.45) is 11.8 Å². The van der Waals surface area contributed by atoms with Crippen LogP contribution in [0.25, 0.3) is 10.9 Å². The zero-order valence-electron chi connectivity index (χ0n) is 20.7. The molecule has 3 fully saturated rings. The largest absolute Gasteiger partial charge is 0.416 e. The topological polar surface area (TPSA) is 40.2 Å². The molecule has 6 rings (SSSR count). The van der Waals surface area contributed by atoms with E-state index in [0.29, 0.717) is 24.0 Å². The van der Waals surface area contributed by atoms with Crippen molar-refractivity contribution in [2.75, 3.05) is 18.4 Å². The molecule has 0 aliphatic carbocycles. The van der Waals surface area contributed by atoms with Crippen LogP contribution in [0.3, 0.4) is 0 Å². The van der Waals surface area contributed by atoms with Crippen LogP contribution in [0.4, 0.5) is 32.0 Å². The Kier molecular flexibility index (Phi) is 7.32. The Morgan fingerprint density at radius 1 is 1.05 bits per heavy atom. The molecular formula is C28H26F6N4S. The lowest BCUT2D eigenvalue weighted by atomic mass is 9.73. The zero-order valence-corrected chi connectivity index (χ0v) is 21.5. The smallest absolute Gasteiger partial charge is 0.354 e. The first-order valence-corrected chi connectivity index (χ1v) is 12.9. The SMILES string of the molecule is C=C[C@H]1CN2CCC1CC2[C@H](NC(=S)Nc1cc(C(F)(F)F)cc(C(F)(F)F)c1)c1ccnc2ccccc12. The fourth-order valence-electron chi connectivity index (χ4n) is 5.83. The van der Waals surface area contributed by atoms with Gasteiger partial charge in [-0.25, -0.2) is 0 Å². The normalized spacial score (nSPS) is 23.8. The fraction of sp³-hybridized carbons (Fsp3) is 0.357. The molecule has 11 heteroatoms. The molecule has 0 radical (unpaired) electrons. The van der Waals surface area contributed by atoms with E-state index in [1.807, 2.05) is 36.4 Å². The number of rotatable bonds is 5. The molecule has 39 heavy (non-hydrogen) atoms. The van der Waals surface area contributed by atoms with Crippen molar-refractivity contribution in [3.05, 3.63) is 84.1 Å². The number of piperidine rings is 3. The highest BCUT2D eigenvalue weighted by atomic mass is 32.1. The third kappa shape index (κ3) is 5.74. The van der Waals surface area contributed by atoms with Crippen molar-refractivity contribution in [1.82, 2.24) is 15.2 Å². The van der Waals surface area contributed by atoms with Gasteiger partial charge in [0.1, 0.15) is 0 Å². The predicted octanol–water partition coefficient (Wildman–Crippen LogP) is 7.20. The van der Waals surface area contributed by atoms with Crippen LogP contribution in [-0.4, -0.2) is 34.1 Å². The van der Waals surface area contributed by atoms with E-state index in [1.165, 1.54) is 0 Å². The number of alkyl halides is 6. The summed E-state index contributed by atoms with van der Waals surface area (Å²) in [6.45, 7) is 5.68. The van der Waals surface area contributed by atoms with Gasteiger partial charge in [-0.15, -0.1) is 6.58 Å². The third-order valence-electron chi connectivity index (χ3n) is 7.69. The number of hydrogen-bond acceptors (Lipinski definition) is 3. The van der Waals surface area contributed by atoms with Crippen molar-refractivity contribution in [3.63, 3.8) is 0 Å². The van der Waals surface area contributed by atoms with Crippen molar-refractivity contribution >= 4 is 33.9 Å². The number of thiocarbonyl (C=S) groups is 1. The number of para-hydroxylation sites is 1. The van der Waals surface area contributed by atoms with E-state index in [-0.39, 0.29) is 23.3 Å². The highest BCUT2D eigenvalue weighted by Gasteiger charge is 2.43. The maximum absolute atomic E-state index is 13.4. The van der Waals surface area contributed by atoms with Gasteiger partial charge < -0.3 is 10.6 Å². The number of nitrogens with zero attached hydrogens (tertiary/aromatic N) is 2. The average molecular weight is 565 g/mol. The van der Waals surface area contributed by atoms with Crippen LogP contribution >= 0.6 is 12.2 Å². The summed E-state index contributed by atoms with van der Waals surface area (Å²) < 4.78 is 80.3. The zero-order chi connectivity index (χ0) is 27.9. The summed E-state index contributed by atoms with van der Waals surface area (Å²) in [5.74, 6) is 0.787. The minimum absolute atomic E-state index is 0.00208. The maximum atomic E-state index is 13.4. The van der Waals surface area contributed by atoms with Gasteiger partial charge in [0, 0.05) is 29.9 Å². The van der Waals surface area contributed by atoms with E-state index in [1.54, 1.807) is 6.20 Å². The number of fused-ring (bicyclic) bond motifs is 4. The first kappa shape index (κ1) is 27.4. The minimum atomic E-state index is -4.96. The highest BCUT2D eigenvalue weighted by Crippen LogP contribution is 2.42. The van der Waals surface area contributed by atoms with Crippen molar-refractivity contribution < 1.29 is 26.3 Å². The summed E-state index contributed by atoms with van der Waals surface area (Å²) in [7, 11) is 0. The first-order chi connectivity index (χ1) is 18.4. The molecule has 0 spiro atoms. The molecule has 206 valence electrons. The van der Waals surface area contributed by atoms with Gasteiger partial charge in [-0.05, 0) is 79.3 Å². The van der Waals surface area contributed by atoms with Gasteiger partial charge in [0.25, 0.3) is 0 Å². The van der Waals surface area contributed by atoms with Gasteiger partial charge in [-0.2, -0.15) is 26.3 Å². The van der Waals surface area contributed by atoms with Crippen LogP contribution in [0.15, 0.2) is 67.4 Å². The summed E-state index contributed by atoms with van der Waals surface area (Å²) in [6.07, 6.45) is -4.37. The molecule has 3 unspecified atom stereocenters. The fourth-order valence-corrected chi connectivity index (χ4v) is 6.07. The molecule has 4 heterocycles. The van der Waals surface area contributed by atoms with E-state index in [0.717, 1.165) is 42.4 Å². The van der Waals surface area contributed by atoms with E-state index in [9.17, 15) is 26.3 Å². The number of hydrogen-bond donors (Lipinski definition) is 2. The second kappa shape index (κ2) is 10.4. The summed E-state index contributed by atoms with van der Waals surface area (Å²) in [6, 6.07) is 10.4. The van der Waals surface area contributed by atoms with Crippen LogP contribution in [0.2, 0.25) is 0 Å². The Morgan fingerprint density at radius 3 is 2.36 bits per heavy atom. The minimum Gasteiger partial charge on any atom is -0.354 e. The lowest BCUT2D eigenvalue weighted by Gasteiger charge is -2.52. The first-order valence-electron chi connectivity index (χ1n) is 12.5. The molecule has 1 aromatic heterocycles. The monoisotopic (exact) mass is 564 g/mol. The molecule has 3 saturated heterocycles.